The van der Waals surface area contributed by atoms with E-state index in [0.29, 0.717) is 16.4 Å². The number of benzene rings is 1. The van der Waals surface area contributed by atoms with E-state index in [-0.39, 0.29) is 5.75 Å². The lowest BCUT2D eigenvalue weighted by Gasteiger charge is -2.23. The van der Waals surface area contributed by atoms with Gasteiger partial charge in [0.1, 0.15) is 24.7 Å². The van der Waals surface area contributed by atoms with Crippen molar-refractivity contribution in [2.75, 3.05) is 39.4 Å². The number of phenols is 1. The van der Waals surface area contributed by atoms with Crippen molar-refractivity contribution < 1.29 is 19.1 Å². The van der Waals surface area contributed by atoms with Crippen molar-refractivity contribution in [1.29, 1.82) is 0 Å². The summed E-state index contributed by atoms with van der Waals surface area (Å²) in [7, 11) is 0. The third kappa shape index (κ3) is 5.74. The molecule has 0 atom stereocenters. The van der Waals surface area contributed by atoms with E-state index in [2.05, 4.69) is 15.8 Å². The van der Waals surface area contributed by atoms with Gasteiger partial charge in [0, 0.05) is 5.56 Å². The first-order valence-electron chi connectivity index (χ1n) is 7.54. The van der Waals surface area contributed by atoms with Crippen LogP contribution in [-0.2, 0) is 4.74 Å². The van der Waals surface area contributed by atoms with Gasteiger partial charge in [-0.3, -0.25) is 5.43 Å². The first-order valence-corrected chi connectivity index (χ1v) is 7.95. The van der Waals surface area contributed by atoms with Gasteiger partial charge in [-0.2, -0.15) is 5.10 Å². The summed E-state index contributed by atoms with van der Waals surface area (Å²) in [6.45, 7) is 6.99. The predicted octanol–water partition coefficient (Wildman–Crippen LogP) is -0.365. The topological polar surface area (TPSA) is 70.3 Å². The normalized spacial score (nSPS) is 16.2. The molecule has 1 aromatic rings. The highest BCUT2D eigenvalue weighted by Gasteiger charge is 2.13. The second-order valence-corrected chi connectivity index (χ2v) is 5.75. The van der Waals surface area contributed by atoms with Crippen LogP contribution < -0.4 is 15.6 Å². The molecule has 0 bridgehead atoms. The number of aromatic hydroxyl groups is 1. The van der Waals surface area contributed by atoms with Gasteiger partial charge >= 0.3 is 0 Å². The minimum Gasteiger partial charge on any atom is -0.507 e. The fourth-order valence-electron chi connectivity index (χ4n) is 2.30. The number of quaternary nitrogens is 1. The van der Waals surface area contributed by atoms with Crippen LogP contribution in [-0.4, -0.2) is 55.3 Å². The maximum absolute atomic E-state index is 13.2. The Labute approximate surface area is 140 Å². The maximum atomic E-state index is 13.2. The molecule has 1 aliphatic rings. The molecule has 0 amide bonds. The van der Waals surface area contributed by atoms with Gasteiger partial charge in [0.05, 0.1) is 32.0 Å². The summed E-state index contributed by atoms with van der Waals surface area (Å²) in [6, 6.07) is 3.72. The zero-order valence-corrected chi connectivity index (χ0v) is 13.9. The molecule has 6 nitrogen and oxygen atoms in total. The molecule has 0 spiro atoms. The first kappa shape index (κ1) is 17.6. The summed E-state index contributed by atoms with van der Waals surface area (Å²) in [5.41, 5.74) is 3.49. The van der Waals surface area contributed by atoms with E-state index < -0.39 is 5.82 Å². The van der Waals surface area contributed by atoms with Crippen LogP contribution in [0.3, 0.4) is 0 Å². The number of nitrogens with zero attached hydrogens (tertiary/aromatic N) is 1. The molecule has 1 heterocycles. The zero-order chi connectivity index (χ0) is 16.7. The average molecular weight is 341 g/mol. The summed E-state index contributed by atoms with van der Waals surface area (Å²) in [5, 5.41) is 17.3. The molecule has 2 rings (SSSR count). The SMILES string of the molecule is C/C(=N\NC(=S)NCC[NH+]1CCOCC1)c1cc(F)ccc1O. The van der Waals surface area contributed by atoms with E-state index in [1.165, 1.54) is 23.1 Å². The fraction of sp³-hybridized carbons (Fsp3) is 0.467. The average Bonchev–Trinajstić information content (AvgIpc) is 2.56. The molecule has 0 radical (unpaired) electrons. The van der Waals surface area contributed by atoms with Crippen LogP contribution in [0.4, 0.5) is 4.39 Å². The maximum Gasteiger partial charge on any atom is 0.187 e. The van der Waals surface area contributed by atoms with Gasteiger partial charge in [-0.1, -0.05) is 0 Å². The lowest BCUT2D eigenvalue weighted by Crippen LogP contribution is -3.14. The predicted molar refractivity (Wildman–Crippen MR) is 90.4 cm³/mol. The molecule has 0 unspecified atom stereocenters. The number of nitrogens with one attached hydrogen (secondary N) is 3. The number of rotatable bonds is 5. The Morgan fingerprint density at radius 1 is 1.43 bits per heavy atom. The monoisotopic (exact) mass is 341 g/mol. The quantitative estimate of drug-likeness (QED) is 0.334. The van der Waals surface area contributed by atoms with Crippen LogP contribution in [0.25, 0.3) is 0 Å². The van der Waals surface area contributed by atoms with E-state index in [9.17, 15) is 9.50 Å². The Morgan fingerprint density at radius 3 is 2.91 bits per heavy atom. The summed E-state index contributed by atoms with van der Waals surface area (Å²) >= 11 is 5.15. The standard InChI is InChI=1S/C15H21FN4O2S/c1-11(13-10-12(16)2-3-14(13)21)18-19-15(23)17-4-5-20-6-8-22-9-7-20/h2-3,10,21H,4-9H2,1H3,(H2,17,19,23)/p+1/b18-11+. The number of morpholine rings is 1. The smallest absolute Gasteiger partial charge is 0.187 e. The molecular formula is C15H22FN4O2S+. The molecule has 126 valence electrons. The fourth-order valence-corrected chi connectivity index (χ4v) is 2.44. The molecule has 1 fully saturated rings. The van der Waals surface area contributed by atoms with Gasteiger partial charge in [-0.15, -0.1) is 0 Å². The molecule has 1 aromatic carbocycles. The van der Waals surface area contributed by atoms with Gasteiger partial charge in [0.25, 0.3) is 0 Å². The van der Waals surface area contributed by atoms with Crippen LogP contribution in [0.1, 0.15) is 12.5 Å². The summed E-state index contributed by atoms with van der Waals surface area (Å²) < 4.78 is 18.5. The Morgan fingerprint density at radius 2 is 2.17 bits per heavy atom. The van der Waals surface area contributed by atoms with E-state index in [4.69, 9.17) is 17.0 Å². The summed E-state index contributed by atoms with van der Waals surface area (Å²) in [6.07, 6.45) is 0. The van der Waals surface area contributed by atoms with Gasteiger partial charge in [0.2, 0.25) is 0 Å². The van der Waals surface area contributed by atoms with Crippen LogP contribution >= 0.6 is 12.2 Å². The molecule has 8 heteroatoms. The van der Waals surface area contributed by atoms with Crippen molar-refractivity contribution in [2.45, 2.75) is 6.92 Å². The Kier molecular flexibility index (Phi) is 6.69. The molecule has 0 aromatic heterocycles. The van der Waals surface area contributed by atoms with E-state index >= 15 is 0 Å². The van der Waals surface area contributed by atoms with Crippen molar-refractivity contribution >= 4 is 23.0 Å². The van der Waals surface area contributed by atoms with E-state index in [1.54, 1.807) is 6.92 Å². The van der Waals surface area contributed by atoms with E-state index in [0.717, 1.165) is 39.4 Å². The highest BCUT2D eigenvalue weighted by molar-refractivity contribution is 7.80. The number of phenolic OH excluding ortho intramolecular Hbond substituents is 1. The van der Waals surface area contributed by atoms with Crippen molar-refractivity contribution in [3.05, 3.63) is 29.6 Å². The highest BCUT2D eigenvalue weighted by Crippen LogP contribution is 2.18. The Bertz CT molecular complexity index is 577. The number of ether oxygens (including phenoxy) is 1. The molecule has 0 saturated carbocycles. The molecule has 1 saturated heterocycles. The molecule has 4 N–H and O–H groups in total. The van der Waals surface area contributed by atoms with Crippen molar-refractivity contribution in [2.24, 2.45) is 5.10 Å². The summed E-state index contributed by atoms with van der Waals surface area (Å²) in [4.78, 5) is 1.48. The van der Waals surface area contributed by atoms with Crippen LogP contribution in [0.15, 0.2) is 23.3 Å². The lowest BCUT2D eigenvalue weighted by atomic mass is 10.1. The summed E-state index contributed by atoms with van der Waals surface area (Å²) in [5.74, 6) is -0.453. The zero-order valence-electron chi connectivity index (χ0n) is 13.1. The van der Waals surface area contributed by atoms with Gasteiger partial charge in [-0.25, -0.2) is 4.39 Å². The van der Waals surface area contributed by atoms with Crippen molar-refractivity contribution in [3.63, 3.8) is 0 Å². The number of hydrazone groups is 1. The third-order valence-electron chi connectivity index (χ3n) is 3.64. The Balaban J connectivity index is 1.77. The second-order valence-electron chi connectivity index (χ2n) is 5.34. The number of halogens is 1. The lowest BCUT2D eigenvalue weighted by molar-refractivity contribution is -0.906. The minimum absolute atomic E-state index is 0.0238. The van der Waals surface area contributed by atoms with Crippen molar-refractivity contribution in [3.8, 4) is 5.75 Å². The van der Waals surface area contributed by atoms with Crippen LogP contribution in [0.2, 0.25) is 0 Å². The largest absolute Gasteiger partial charge is 0.507 e. The minimum atomic E-state index is -0.429. The number of hydrogen-bond donors (Lipinski definition) is 4. The second kappa shape index (κ2) is 8.76. The van der Waals surface area contributed by atoms with E-state index in [1.807, 2.05) is 0 Å². The Hall–Kier alpha value is -1.77. The van der Waals surface area contributed by atoms with Crippen molar-refractivity contribution in [1.82, 2.24) is 10.7 Å². The van der Waals surface area contributed by atoms with Gasteiger partial charge < -0.3 is 20.1 Å². The molecular weight excluding hydrogens is 319 g/mol. The highest BCUT2D eigenvalue weighted by atomic mass is 32.1. The first-order chi connectivity index (χ1) is 11.1. The molecule has 1 aliphatic heterocycles. The van der Waals surface area contributed by atoms with Gasteiger partial charge in [-0.05, 0) is 37.3 Å². The van der Waals surface area contributed by atoms with Crippen LogP contribution in [0.5, 0.6) is 5.75 Å². The molecule has 0 aliphatic carbocycles. The molecule has 23 heavy (non-hydrogen) atoms. The van der Waals surface area contributed by atoms with Gasteiger partial charge in [0.15, 0.2) is 5.11 Å². The van der Waals surface area contributed by atoms with Crippen LogP contribution in [0, 0.1) is 5.82 Å². The number of thiocarbonyl (C=S) groups is 1. The third-order valence-corrected chi connectivity index (χ3v) is 3.87. The number of hydrogen-bond acceptors (Lipinski definition) is 4.